The molecule has 1 aromatic heterocycles. The molecule has 3 aromatic carbocycles. The highest BCUT2D eigenvalue weighted by Gasteiger charge is 2.26. The van der Waals surface area contributed by atoms with E-state index in [4.69, 9.17) is 4.42 Å². The van der Waals surface area contributed by atoms with E-state index in [1.54, 1.807) is 0 Å². The van der Waals surface area contributed by atoms with Crippen molar-refractivity contribution in [3.63, 3.8) is 0 Å². The summed E-state index contributed by atoms with van der Waals surface area (Å²) in [7, 11) is 0. The first-order valence-corrected chi connectivity index (χ1v) is 11.7. The fraction of sp³-hybridized carbons (Fsp3) is 0.125. The summed E-state index contributed by atoms with van der Waals surface area (Å²) in [5.41, 5.74) is 5.06. The van der Waals surface area contributed by atoms with Crippen LogP contribution in [0.1, 0.15) is 11.1 Å². The standard InChI is InChI=1S/C24H18BrN3O2S/c25-19-9-5-8-18(14-19)23-26-27-24(30-23)31-15-22(29)28-20-10-3-1-6-16(20)12-13-17-7-2-4-11-21(17)28/h1-11,14H,12-13,15H2. The molecule has 154 valence electrons. The molecule has 5 rings (SSSR count). The Bertz CT molecular complexity index is 1210. The average molecular weight is 492 g/mol. The van der Waals surface area contributed by atoms with Crippen molar-refractivity contribution in [3.05, 3.63) is 88.4 Å². The topological polar surface area (TPSA) is 59.2 Å². The number of anilines is 2. The predicted molar refractivity (Wildman–Crippen MR) is 126 cm³/mol. The number of aromatic nitrogens is 2. The molecular weight excluding hydrogens is 474 g/mol. The van der Waals surface area contributed by atoms with Crippen LogP contribution in [0.15, 0.2) is 86.9 Å². The van der Waals surface area contributed by atoms with Crippen molar-refractivity contribution >= 4 is 45.0 Å². The number of carbonyl (C=O) groups excluding carboxylic acids is 1. The van der Waals surface area contributed by atoms with Crippen molar-refractivity contribution in [1.29, 1.82) is 0 Å². The van der Waals surface area contributed by atoms with Gasteiger partial charge < -0.3 is 4.42 Å². The van der Waals surface area contributed by atoms with E-state index in [0.29, 0.717) is 11.1 Å². The number of hydrogen-bond donors (Lipinski definition) is 0. The van der Waals surface area contributed by atoms with Crippen LogP contribution in [0.25, 0.3) is 11.5 Å². The van der Waals surface area contributed by atoms with Gasteiger partial charge in [-0.25, -0.2) is 0 Å². The van der Waals surface area contributed by atoms with Crippen LogP contribution in [0.2, 0.25) is 0 Å². The van der Waals surface area contributed by atoms with Crippen LogP contribution in [0.5, 0.6) is 0 Å². The number of thioether (sulfide) groups is 1. The minimum absolute atomic E-state index is 0.0194. The van der Waals surface area contributed by atoms with E-state index in [9.17, 15) is 4.79 Å². The van der Waals surface area contributed by atoms with Crippen LogP contribution in [0.3, 0.4) is 0 Å². The van der Waals surface area contributed by atoms with Crippen LogP contribution < -0.4 is 4.90 Å². The fourth-order valence-corrected chi connectivity index (χ4v) is 4.75. The molecule has 0 radical (unpaired) electrons. The molecule has 2 heterocycles. The molecule has 1 amide bonds. The van der Waals surface area contributed by atoms with E-state index in [0.717, 1.165) is 34.3 Å². The van der Waals surface area contributed by atoms with Crippen molar-refractivity contribution in [3.8, 4) is 11.5 Å². The molecule has 0 unspecified atom stereocenters. The molecule has 7 heteroatoms. The Balaban J connectivity index is 1.39. The van der Waals surface area contributed by atoms with Gasteiger partial charge in [0, 0.05) is 10.0 Å². The van der Waals surface area contributed by atoms with Crippen molar-refractivity contribution in [1.82, 2.24) is 10.2 Å². The molecule has 0 saturated heterocycles. The Kier molecular flexibility index (Phi) is 5.61. The highest BCUT2D eigenvalue weighted by atomic mass is 79.9. The molecule has 0 saturated carbocycles. The summed E-state index contributed by atoms with van der Waals surface area (Å²) in [5.74, 6) is 0.610. The first-order chi connectivity index (χ1) is 15.2. The second kappa shape index (κ2) is 8.69. The van der Waals surface area contributed by atoms with Crippen molar-refractivity contribution < 1.29 is 9.21 Å². The number of benzene rings is 3. The number of para-hydroxylation sites is 2. The van der Waals surface area contributed by atoms with E-state index < -0.39 is 0 Å². The van der Waals surface area contributed by atoms with Crippen LogP contribution in [-0.2, 0) is 17.6 Å². The minimum atomic E-state index is -0.0194. The summed E-state index contributed by atoms with van der Waals surface area (Å²) in [6.07, 6.45) is 1.81. The third-order valence-corrected chi connectivity index (χ3v) is 6.47. The Morgan fingerprint density at radius 1 is 0.935 bits per heavy atom. The van der Waals surface area contributed by atoms with Crippen LogP contribution >= 0.6 is 27.7 Å². The Morgan fingerprint density at radius 2 is 1.61 bits per heavy atom. The van der Waals surface area contributed by atoms with Crippen LogP contribution in [-0.4, -0.2) is 21.9 Å². The second-order valence-electron chi connectivity index (χ2n) is 7.16. The average Bonchev–Trinajstić information content (AvgIpc) is 3.20. The normalized spacial score (nSPS) is 12.7. The molecular formula is C24H18BrN3O2S. The first kappa shape index (κ1) is 20.0. The first-order valence-electron chi connectivity index (χ1n) is 9.90. The molecule has 31 heavy (non-hydrogen) atoms. The lowest BCUT2D eigenvalue weighted by molar-refractivity contribution is -0.115. The zero-order valence-corrected chi connectivity index (χ0v) is 18.9. The maximum atomic E-state index is 13.4. The van der Waals surface area contributed by atoms with Gasteiger partial charge in [0.25, 0.3) is 5.22 Å². The maximum Gasteiger partial charge on any atom is 0.277 e. The molecule has 0 atom stereocenters. The summed E-state index contributed by atoms with van der Waals surface area (Å²) in [6.45, 7) is 0. The maximum absolute atomic E-state index is 13.4. The number of halogens is 1. The molecule has 0 fully saturated rings. The number of aryl methyl sites for hydroxylation is 2. The summed E-state index contributed by atoms with van der Waals surface area (Å²) in [6, 6.07) is 23.9. The number of nitrogens with zero attached hydrogens (tertiary/aromatic N) is 3. The van der Waals surface area contributed by atoms with E-state index in [1.807, 2.05) is 65.6 Å². The predicted octanol–water partition coefficient (Wildman–Crippen LogP) is 6.05. The van der Waals surface area contributed by atoms with Crippen molar-refractivity contribution in [2.75, 3.05) is 10.7 Å². The van der Waals surface area contributed by atoms with E-state index in [1.165, 1.54) is 22.9 Å². The number of hydrogen-bond acceptors (Lipinski definition) is 5. The van der Waals surface area contributed by atoms with Gasteiger partial charge in [-0.2, -0.15) is 0 Å². The zero-order chi connectivity index (χ0) is 21.2. The second-order valence-corrected chi connectivity index (χ2v) is 9.00. The number of amides is 1. The van der Waals surface area contributed by atoms with Gasteiger partial charge in [0.15, 0.2) is 0 Å². The number of fused-ring (bicyclic) bond motifs is 2. The molecule has 5 nitrogen and oxygen atoms in total. The SMILES string of the molecule is O=C(CSc1nnc(-c2cccc(Br)c2)o1)N1c2ccccc2CCc2ccccc21. The fourth-order valence-electron chi connectivity index (χ4n) is 3.74. The third kappa shape index (κ3) is 4.16. The van der Waals surface area contributed by atoms with Gasteiger partial charge in [-0.3, -0.25) is 9.69 Å². The summed E-state index contributed by atoms with van der Waals surface area (Å²) in [4.78, 5) is 15.2. The lowest BCUT2D eigenvalue weighted by Crippen LogP contribution is -2.28. The van der Waals surface area contributed by atoms with Gasteiger partial charge >= 0.3 is 0 Å². The van der Waals surface area contributed by atoms with Crippen molar-refractivity contribution in [2.24, 2.45) is 0 Å². The number of carbonyl (C=O) groups is 1. The molecule has 0 spiro atoms. The van der Waals surface area contributed by atoms with Gasteiger partial charge in [-0.05, 0) is 54.3 Å². The third-order valence-electron chi connectivity index (χ3n) is 5.18. The van der Waals surface area contributed by atoms with Crippen LogP contribution in [0, 0.1) is 0 Å². The smallest absolute Gasteiger partial charge is 0.277 e. The van der Waals surface area contributed by atoms with E-state index >= 15 is 0 Å². The monoisotopic (exact) mass is 491 g/mol. The lowest BCUT2D eigenvalue weighted by atomic mass is 10.0. The van der Waals surface area contributed by atoms with Gasteiger partial charge in [0.2, 0.25) is 11.8 Å². The molecule has 1 aliphatic heterocycles. The summed E-state index contributed by atoms with van der Waals surface area (Å²) in [5, 5.41) is 8.60. The van der Waals surface area contributed by atoms with Crippen molar-refractivity contribution in [2.45, 2.75) is 18.1 Å². The minimum Gasteiger partial charge on any atom is -0.411 e. The Morgan fingerprint density at radius 3 is 2.29 bits per heavy atom. The van der Waals surface area contributed by atoms with E-state index in [2.05, 4.69) is 38.3 Å². The largest absolute Gasteiger partial charge is 0.411 e. The van der Waals surface area contributed by atoms with Gasteiger partial charge in [-0.15, -0.1) is 10.2 Å². The lowest BCUT2D eigenvalue weighted by Gasteiger charge is -2.24. The van der Waals surface area contributed by atoms with Gasteiger partial charge in [0.1, 0.15) is 0 Å². The Labute approximate surface area is 192 Å². The molecule has 1 aliphatic rings. The van der Waals surface area contributed by atoms with Gasteiger partial charge in [-0.1, -0.05) is 70.2 Å². The zero-order valence-electron chi connectivity index (χ0n) is 16.5. The molecule has 0 N–H and O–H groups in total. The molecule has 0 bridgehead atoms. The summed E-state index contributed by atoms with van der Waals surface area (Å²) >= 11 is 4.70. The molecule has 4 aromatic rings. The van der Waals surface area contributed by atoms with Gasteiger partial charge in [0.05, 0.1) is 17.1 Å². The molecule has 0 aliphatic carbocycles. The summed E-state index contributed by atoms with van der Waals surface area (Å²) < 4.78 is 6.71. The highest BCUT2D eigenvalue weighted by Crippen LogP contribution is 2.37. The quantitative estimate of drug-likeness (QED) is 0.325. The van der Waals surface area contributed by atoms with E-state index in [-0.39, 0.29) is 11.7 Å². The Hall–Kier alpha value is -2.90. The van der Waals surface area contributed by atoms with Crippen LogP contribution in [0.4, 0.5) is 11.4 Å². The number of rotatable bonds is 4. The highest BCUT2D eigenvalue weighted by molar-refractivity contribution is 9.10.